The average molecular weight is 272 g/mol. The second-order valence-corrected chi connectivity index (χ2v) is 5.29. The highest BCUT2D eigenvalue weighted by Crippen LogP contribution is 2.26. The van der Waals surface area contributed by atoms with Gasteiger partial charge in [0.2, 0.25) is 0 Å². The van der Waals surface area contributed by atoms with Gasteiger partial charge in [0.05, 0.1) is 24.9 Å². The Kier molecular flexibility index (Phi) is 3.80. The van der Waals surface area contributed by atoms with E-state index in [0.717, 1.165) is 18.7 Å². The van der Waals surface area contributed by atoms with Crippen LogP contribution in [-0.4, -0.2) is 40.1 Å². The van der Waals surface area contributed by atoms with E-state index in [1.807, 2.05) is 29.9 Å². The quantitative estimate of drug-likeness (QED) is 0.847. The Hall–Kier alpha value is -1.72. The van der Waals surface area contributed by atoms with E-state index in [1.54, 1.807) is 0 Å². The fourth-order valence-corrected chi connectivity index (χ4v) is 2.66. The van der Waals surface area contributed by atoms with Crippen LogP contribution in [0.25, 0.3) is 0 Å². The first kappa shape index (κ1) is 13.3. The smallest absolute Gasteiger partial charge is 0.105 e. The fraction of sp³-hybridized carbons (Fsp3) is 0.467. The van der Waals surface area contributed by atoms with Gasteiger partial charge < -0.3 is 4.74 Å². The molecule has 0 unspecified atom stereocenters. The highest BCUT2D eigenvalue weighted by atomic mass is 16.5. The standard InChI is InChI=1S/C15H20N4O/c1-18-9-8-13-15(16-17-19(13)2)14(18)11-20-10-12-6-4-3-5-7-12/h3-7,14H,8-11H2,1-2H3/t14-/m0/s1. The minimum absolute atomic E-state index is 0.205. The molecule has 5 nitrogen and oxygen atoms in total. The molecule has 1 aliphatic heterocycles. The van der Waals surface area contributed by atoms with E-state index in [1.165, 1.54) is 11.3 Å². The van der Waals surface area contributed by atoms with Crippen molar-refractivity contribution in [3.05, 3.63) is 47.3 Å². The van der Waals surface area contributed by atoms with Crippen molar-refractivity contribution >= 4 is 0 Å². The predicted molar refractivity (Wildman–Crippen MR) is 76.2 cm³/mol. The highest BCUT2D eigenvalue weighted by molar-refractivity contribution is 5.19. The normalized spacial score (nSPS) is 19.0. The van der Waals surface area contributed by atoms with Crippen LogP contribution in [0.3, 0.4) is 0 Å². The van der Waals surface area contributed by atoms with E-state index in [9.17, 15) is 0 Å². The van der Waals surface area contributed by atoms with Crippen LogP contribution in [0.15, 0.2) is 30.3 Å². The highest BCUT2D eigenvalue weighted by Gasteiger charge is 2.29. The van der Waals surface area contributed by atoms with Crippen molar-refractivity contribution in [3.63, 3.8) is 0 Å². The van der Waals surface area contributed by atoms with E-state index in [-0.39, 0.29) is 6.04 Å². The molecule has 2 aromatic rings. The fourth-order valence-electron chi connectivity index (χ4n) is 2.66. The number of hydrogen-bond donors (Lipinski definition) is 0. The number of nitrogens with zero attached hydrogens (tertiary/aromatic N) is 4. The molecule has 0 fully saturated rings. The summed E-state index contributed by atoms with van der Waals surface area (Å²) in [6.07, 6.45) is 1.00. The summed E-state index contributed by atoms with van der Waals surface area (Å²) in [7, 11) is 4.08. The summed E-state index contributed by atoms with van der Waals surface area (Å²) in [6.45, 7) is 2.31. The Morgan fingerprint density at radius 1 is 1.25 bits per heavy atom. The Morgan fingerprint density at radius 2 is 2.05 bits per heavy atom. The first-order valence-corrected chi connectivity index (χ1v) is 6.96. The molecular formula is C15H20N4O. The van der Waals surface area contributed by atoms with Crippen LogP contribution in [0, 0.1) is 0 Å². The third-order valence-electron chi connectivity index (χ3n) is 3.91. The van der Waals surface area contributed by atoms with E-state index in [4.69, 9.17) is 4.74 Å². The molecule has 0 N–H and O–H groups in total. The Balaban J connectivity index is 1.65. The van der Waals surface area contributed by atoms with Crippen molar-refractivity contribution in [2.75, 3.05) is 20.2 Å². The van der Waals surface area contributed by atoms with E-state index in [2.05, 4.69) is 34.4 Å². The largest absolute Gasteiger partial charge is 0.375 e. The number of fused-ring (bicyclic) bond motifs is 1. The number of rotatable bonds is 4. The van der Waals surface area contributed by atoms with Crippen LogP contribution in [0.4, 0.5) is 0 Å². The minimum Gasteiger partial charge on any atom is -0.375 e. The molecule has 20 heavy (non-hydrogen) atoms. The van der Waals surface area contributed by atoms with Crippen molar-refractivity contribution in [2.24, 2.45) is 7.05 Å². The van der Waals surface area contributed by atoms with Crippen LogP contribution in [0.1, 0.15) is 23.0 Å². The van der Waals surface area contributed by atoms with Crippen LogP contribution in [0.2, 0.25) is 0 Å². The molecular weight excluding hydrogens is 252 g/mol. The topological polar surface area (TPSA) is 43.2 Å². The Bertz CT molecular complexity index is 567. The van der Waals surface area contributed by atoms with E-state index in [0.29, 0.717) is 13.2 Å². The molecule has 1 aromatic heterocycles. The monoisotopic (exact) mass is 272 g/mol. The summed E-state index contributed by atoms with van der Waals surface area (Å²) < 4.78 is 7.76. The molecule has 0 saturated heterocycles. The molecule has 0 saturated carbocycles. The molecule has 5 heteroatoms. The molecule has 1 aromatic carbocycles. The average Bonchev–Trinajstić information content (AvgIpc) is 2.84. The molecule has 0 radical (unpaired) electrons. The van der Waals surface area contributed by atoms with Gasteiger partial charge in [0.25, 0.3) is 0 Å². The number of ether oxygens (including phenoxy) is 1. The lowest BCUT2D eigenvalue weighted by atomic mass is 10.0. The number of aryl methyl sites for hydroxylation is 1. The maximum absolute atomic E-state index is 5.88. The molecule has 0 bridgehead atoms. The second kappa shape index (κ2) is 5.73. The molecule has 1 atom stereocenters. The van der Waals surface area contributed by atoms with Crippen LogP contribution in [-0.2, 0) is 24.8 Å². The summed E-state index contributed by atoms with van der Waals surface area (Å²) in [5, 5.41) is 8.44. The maximum atomic E-state index is 5.88. The summed E-state index contributed by atoms with van der Waals surface area (Å²) in [4.78, 5) is 2.29. The molecule has 1 aliphatic rings. The number of benzene rings is 1. The zero-order chi connectivity index (χ0) is 13.9. The molecule has 3 rings (SSSR count). The van der Waals surface area contributed by atoms with Gasteiger partial charge in [-0.05, 0) is 12.6 Å². The van der Waals surface area contributed by atoms with Crippen molar-refractivity contribution in [1.82, 2.24) is 19.9 Å². The molecule has 0 amide bonds. The summed E-state index contributed by atoms with van der Waals surface area (Å²) >= 11 is 0. The van der Waals surface area contributed by atoms with Gasteiger partial charge >= 0.3 is 0 Å². The Labute approximate surface area is 119 Å². The summed E-state index contributed by atoms with van der Waals surface area (Å²) in [5.74, 6) is 0. The van der Waals surface area contributed by atoms with Gasteiger partial charge in [-0.1, -0.05) is 35.5 Å². The molecule has 2 heterocycles. The van der Waals surface area contributed by atoms with Crippen molar-refractivity contribution in [3.8, 4) is 0 Å². The van der Waals surface area contributed by atoms with Gasteiger partial charge in [0, 0.05) is 20.0 Å². The number of aromatic nitrogens is 3. The van der Waals surface area contributed by atoms with Crippen molar-refractivity contribution in [1.29, 1.82) is 0 Å². The summed E-state index contributed by atoms with van der Waals surface area (Å²) in [6, 6.07) is 10.5. The SMILES string of the molecule is CN1CCc2c(nnn2C)[C@@H]1COCc1ccccc1. The maximum Gasteiger partial charge on any atom is 0.105 e. The van der Waals surface area contributed by atoms with E-state index >= 15 is 0 Å². The molecule has 0 aliphatic carbocycles. The summed E-state index contributed by atoms with van der Waals surface area (Å²) in [5.41, 5.74) is 3.50. The van der Waals surface area contributed by atoms with Gasteiger partial charge in [-0.15, -0.1) is 5.10 Å². The lowest BCUT2D eigenvalue weighted by Gasteiger charge is -2.31. The predicted octanol–water partition coefficient (Wildman–Crippen LogP) is 1.56. The zero-order valence-corrected chi connectivity index (χ0v) is 12.0. The van der Waals surface area contributed by atoms with Gasteiger partial charge in [-0.25, -0.2) is 0 Å². The first-order chi connectivity index (χ1) is 9.75. The van der Waals surface area contributed by atoms with E-state index < -0.39 is 0 Å². The number of likely N-dealkylation sites (N-methyl/N-ethyl adjacent to an activating group) is 1. The third kappa shape index (κ3) is 2.59. The number of hydrogen-bond acceptors (Lipinski definition) is 4. The van der Waals surface area contributed by atoms with Gasteiger partial charge in [0.1, 0.15) is 5.69 Å². The van der Waals surface area contributed by atoms with Crippen molar-refractivity contribution in [2.45, 2.75) is 19.1 Å². The van der Waals surface area contributed by atoms with Crippen LogP contribution < -0.4 is 0 Å². The van der Waals surface area contributed by atoms with Crippen molar-refractivity contribution < 1.29 is 4.74 Å². The van der Waals surface area contributed by atoms with Gasteiger partial charge in [-0.2, -0.15) is 0 Å². The molecule has 0 spiro atoms. The first-order valence-electron chi connectivity index (χ1n) is 6.96. The van der Waals surface area contributed by atoms with Crippen LogP contribution >= 0.6 is 0 Å². The molecule has 106 valence electrons. The van der Waals surface area contributed by atoms with Gasteiger partial charge in [0.15, 0.2) is 0 Å². The second-order valence-electron chi connectivity index (χ2n) is 5.29. The minimum atomic E-state index is 0.205. The van der Waals surface area contributed by atoms with Gasteiger partial charge in [-0.3, -0.25) is 9.58 Å². The zero-order valence-electron chi connectivity index (χ0n) is 12.0. The third-order valence-corrected chi connectivity index (χ3v) is 3.91. The lowest BCUT2D eigenvalue weighted by molar-refractivity contribution is 0.0536. The van der Waals surface area contributed by atoms with Crippen LogP contribution in [0.5, 0.6) is 0 Å². The lowest BCUT2D eigenvalue weighted by Crippen LogP contribution is -2.35. The Morgan fingerprint density at radius 3 is 2.85 bits per heavy atom.